The maximum absolute atomic E-state index is 12.4. The zero-order valence-electron chi connectivity index (χ0n) is 16.2. The van der Waals surface area contributed by atoms with Crippen molar-refractivity contribution in [3.05, 3.63) is 23.8 Å². The molecule has 0 bridgehead atoms. The molecule has 1 heterocycles. The van der Waals surface area contributed by atoms with E-state index in [2.05, 4.69) is 0 Å². The minimum atomic E-state index is -0.912. The number of nitrogens with zero attached hydrogens (tertiary/aromatic N) is 2. The number of carbonyl (C=O) groups is 3. The first-order valence-corrected chi connectivity index (χ1v) is 8.83. The van der Waals surface area contributed by atoms with E-state index in [-0.39, 0.29) is 18.4 Å². The third-order valence-electron chi connectivity index (χ3n) is 4.36. The Morgan fingerprint density at radius 1 is 1.07 bits per heavy atom. The van der Waals surface area contributed by atoms with E-state index in [0.29, 0.717) is 37.7 Å². The van der Waals surface area contributed by atoms with Crippen molar-refractivity contribution in [2.24, 2.45) is 0 Å². The molecule has 1 aliphatic rings. The predicted molar refractivity (Wildman–Crippen MR) is 97.6 cm³/mol. The summed E-state index contributed by atoms with van der Waals surface area (Å²) < 4.78 is 15.8. The Morgan fingerprint density at radius 2 is 1.70 bits per heavy atom. The zero-order valence-corrected chi connectivity index (χ0v) is 16.2. The molecular formula is C19H26N2O6. The summed E-state index contributed by atoms with van der Waals surface area (Å²) in [5.41, 5.74) is 1.01. The van der Waals surface area contributed by atoms with Crippen LogP contribution in [0, 0.1) is 6.92 Å². The Bertz CT molecular complexity index is 697. The number of esters is 1. The topological polar surface area (TPSA) is 85.4 Å². The second-order valence-corrected chi connectivity index (χ2v) is 6.41. The van der Waals surface area contributed by atoms with Crippen LogP contribution in [-0.2, 0) is 19.1 Å². The van der Waals surface area contributed by atoms with Gasteiger partial charge >= 0.3 is 5.97 Å². The highest BCUT2D eigenvalue weighted by Gasteiger charge is 2.28. The van der Waals surface area contributed by atoms with Gasteiger partial charge in [-0.1, -0.05) is 6.07 Å². The van der Waals surface area contributed by atoms with Crippen molar-refractivity contribution in [3.8, 4) is 11.5 Å². The van der Waals surface area contributed by atoms with Crippen LogP contribution >= 0.6 is 0 Å². The zero-order chi connectivity index (χ0) is 20.0. The molecule has 27 heavy (non-hydrogen) atoms. The quantitative estimate of drug-likeness (QED) is 0.687. The van der Waals surface area contributed by atoms with Crippen LogP contribution in [0.25, 0.3) is 0 Å². The van der Waals surface area contributed by atoms with Crippen LogP contribution in [0.3, 0.4) is 0 Å². The van der Waals surface area contributed by atoms with E-state index in [9.17, 15) is 14.4 Å². The van der Waals surface area contributed by atoms with Crippen molar-refractivity contribution in [1.29, 1.82) is 0 Å². The second-order valence-electron chi connectivity index (χ2n) is 6.41. The van der Waals surface area contributed by atoms with Crippen molar-refractivity contribution in [3.63, 3.8) is 0 Å². The highest BCUT2D eigenvalue weighted by Crippen LogP contribution is 2.27. The molecule has 0 aliphatic carbocycles. The van der Waals surface area contributed by atoms with Crippen LogP contribution in [-0.4, -0.2) is 73.6 Å². The van der Waals surface area contributed by atoms with Crippen molar-refractivity contribution >= 4 is 17.8 Å². The van der Waals surface area contributed by atoms with Crippen LogP contribution in [0.15, 0.2) is 18.2 Å². The number of aryl methyl sites for hydroxylation is 1. The second kappa shape index (κ2) is 9.25. The lowest BCUT2D eigenvalue weighted by atomic mass is 10.2. The van der Waals surface area contributed by atoms with Gasteiger partial charge in [0.1, 0.15) is 0 Å². The monoisotopic (exact) mass is 378 g/mol. The Balaban J connectivity index is 1.81. The molecule has 2 rings (SSSR count). The lowest BCUT2D eigenvalue weighted by Gasteiger charge is -2.35. The van der Waals surface area contributed by atoms with Crippen LogP contribution < -0.4 is 9.47 Å². The van der Waals surface area contributed by atoms with Gasteiger partial charge in [-0.05, 0) is 31.5 Å². The van der Waals surface area contributed by atoms with Gasteiger partial charge in [0.25, 0.3) is 5.91 Å². The molecule has 0 aromatic heterocycles. The first kappa shape index (κ1) is 20.5. The molecule has 1 aromatic rings. The van der Waals surface area contributed by atoms with Gasteiger partial charge in [0, 0.05) is 33.1 Å². The van der Waals surface area contributed by atoms with Crippen molar-refractivity contribution < 1.29 is 28.6 Å². The van der Waals surface area contributed by atoms with Crippen LogP contribution in [0.4, 0.5) is 0 Å². The number of ether oxygens (including phenoxy) is 3. The molecule has 0 saturated carbocycles. The number of benzene rings is 1. The molecule has 1 saturated heterocycles. The summed E-state index contributed by atoms with van der Waals surface area (Å²) in [5.74, 6) is 0.0280. The molecule has 1 aromatic carbocycles. The number of rotatable bonds is 6. The van der Waals surface area contributed by atoms with Gasteiger partial charge in [0.15, 0.2) is 24.2 Å². The van der Waals surface area contributed by atoms with Gasteiger partial charge in [-0.3, -0.25) is 9.59 Å². The third-order valence-corrected chi connectivity index (χ3v) is 4.36. The number of hydrogen-bond acceptors (Lipinski definition) is 6. The fourth-order valence-corrected chi connectivity index (χ4v) is 2.81. The average molecular weight is 378 g/mol. The normalized spacial score (nSPS) is 15.1. The Hall–Kier alpha value is -2.77. The fraction of sp³-hybridized carbons (Fsp3) is 0.526. The highest BCUT2D eigenvalue weighted by atomic mass is 16.6. The number of piperazine rings is 1. The minimum absolute atomic E-state index is 0.00902. The molecule has 8 heteroatoms. The smallest absolute Gasteiger partial charge is 0.344 e. The van der Waals surface area contributed by atoms with E-state index in [0.717, 1.165) is 5.56 Å². The highest BCUT2D eigenvalue weighted by molar-refractivity contribution is 5.84. The summed E-state index contributed by atoms with van der Waals surface area (Å²) in [7, 11) is 1.52. The van der Waals surface area contributed by atoms with Crippen LogP contribution in [0.1, 0.15) is 19.4 Å². The summed E-state index contributed by atoms with van der Waals surface area (Å²) in [6, 6.07) is 5.36. The number of carbonyl (C=O) groups excluding carboxylic acids is 3. The van der Waals surface area contributed by atoms with E-state index >= 15 is 0 Å². The molecule has 0 N–H and O–H groups in total. The SMILES string of the molecule is COc1cc(C)ccc1OCC(=O)OC(C)C(=O)N1CCN(C(C)=O)CC1. The van der Waals surface area contributed by atoms with Gasteiger partial charge in [-0.2, -0.15) is 0 Å². The Labute approximate surface area is 159 Å². The average Bonchev–Trinajstić information content (AvgIpc) is 2.66. The molecule has 1 aliphatic heterocycles. The van der Waals surface area contributed by atoms with E-state index in [4.69, 9.17) is 14.2 Å². The molecule has 148 valence electrons. The van der Waals surface area contributed by atoms with Crippen molar-refractivity contribution in [1.82, 2.24) is 9.80 Å². The lowest BCUT2D eigenvalue weighted by molar-refractivity contribution is -0.161. The summed E-state index contributed by atoms with van der Waals surface area (Å²) in [6.07, 6.45) is -0.912. The van der Waals surface area contributed by atoms with Gasteiger partial charge < -0.3 is 24.0 Å². The molecule has 0 spiro atoms. The summed E-state index contributed by atoms with van der Waals surface area (Å²) in [5, 5.41) is 0. The van der Waals surface area contributed by atoms with E-state index < -0.39 is 12.1 Å². The lowest BCUT2D eigenvalue weighted by Crippen LogP contribution is -2.52. The summed E-state index contributed by atoms with van der Waals surface area (Å²) in [6.45, 7) is 6.46. The van der Waals surface area contributed by atoms with Crippen molar-refractivity contribution in [2.45, 2.75) is 26.9 Å². The number of amides is 2. The van der Waals surface area contributed by atoms with Gasteiger partial charge in [-0.15, -0.1) is 0 Å². The fourth-order valence-electron chi connectivity index (χ4n) is 2.81. The largest absolute Gasteiger partial charge is 0.493 e. The standard InChI is InChI=1S/C19H26N2O6/c1-13-5-6-16(17(11-13)25-4)26-12-18(23)27-14(2)19(24)21-9-7-20(8-10-21)15(3)22/h5-6,11,14H,7-10,12H2,1-4H3. The van der Waals surface area contributed by atoms with E-state index in [1.807, 2.05) is 13.0 Å². The molecule has 2 amide bonds. The molecular weight excluding hydrogens is 352 g/mol. The molecule has 8 nitrogen and oxygen atoms in total. The molecule has 1 fully saturated rings. The van der Waals surface area contributed by atoms with Gasteiger partial charge in [0.2, 0.25) is 5.91 Å². The maximum Gasteiger partial charge on any atom is 0.344 e. The summed E-state index contributed by atoms with van der Waals surface area (Å²) >= 11 is 0. The van der Waals surface area contributed by atoms with Gasteiger partial charge in [-0.25, -0.2) is 4.79 Å². The Morgan fingerprint density at radius 3 is 2.30 bits per heavy atom. The third kappa shape index (κ3) is 5.60. The van der Waals surface area contributed by atoms with Crippen LogP contribution in [0.5, 0.6) is 11.5 Å². The van der Waals surface area contributed by atoms with Gasteiger partial charge in [0.05, 0.1) is 7.11 Å². The maximum atomic E-state index is 12.4. The molecule has 1 atom stereocenters. The van der Waals surface area contributed by atoms with Crippen LogP contribution in [0.2, 0.25) is 0 Å². The minimum Gasteiger partial charge on any atom is -0.493 e. The number of methoxy groups -OCH3 is 1. The Kier molecular flexibility index (Phi) is 7.04. The first-order chi connectivity index (χ1) is 12.8. The number of hydrogen-bond donors (Lipinski definition) is 0. The molecule has 0 radical (unpaired) electrons. The molecule has 1 unspecified atom stereocenters. The van der Waals surface area contributed by atoms with Crippen molar-refractivity contribution in [2.75, 3.05) is 39.9 Å². The summed E-state index contributed by atoms with van der Waals surface area (Å²) in [4.78, 5) is 39.0. The predicted octanol–water partition coefficient (Wildman–Crippen LogP) is 1.00. The van der Waals surface area contributed by atoms with E-state index in [1.54, 1.807) is 21.9 Å². The first-order valence-electron chi connectivity index (χ1n) is 8.83. The van der Waals surface area contributed by atoms with E-state index in [1.165, 1.54) is 21.0 Å².